The van der Waals surface area contributed by atoms with Crippen molar-refractivity contribution in [3.8, 4) is 11.5 Å². The minimum Gasteiger partial charge on any atom is -0.507 e. The lowest BCUT2D eigenvalue weighted by Gasteiger charge is -2.18. The molecule has 16 heavy (non-hydrogen) atoms. The van der Waals surface area contributed by atoms with Gasteiger partial charge in [0, 0.05) is 12.4 Å². The van der Waals surface area contributed by atoms with Crippen molar-refractivity contribution in [3.05, 3.63) is 48.3 Å². The second-order valence-corrected chi connectivity index (χ2v) is 3.65. The molecule has 1 aromatic carbocycles. The normalized spacial score (nSPS) is 12.3. The number of phenols is 2. The summed E-state index contributed by atoms with van der Waals surface area (Å²) in [4.78, 5) is 0. The van der Waals surface area contributed by atoms with Crippen LogP contribution in [0.4, 0.5) is 0 Å². The Morgan fingerprint density at radius 3 is 2.19 bits per heavy atom. The van der Waals surface area contributed by atoms with Gasteiger partial charge < -0.3 is 15.6 Å². The summed E-state index contributed by atoms with van der Waals surface area (Å²) in [5.74, 6) is 0.180. The molecule has 0 aliphatic carbocycles. The van der Waals surface area contributed by atoms with Gasteiger partial charge in [-0.15, -0.1) is 0 Å². The van der Waals surface area contributed by atoms with Crippen LogP contribution in [0.2, 0.25) is 0 Å². The largest absolute Gasteiger partial charge is 0.507 e. The predicted molar refractivity (Wildman–Crippen MR) is 62.0 cm³/mol. The zero-order chi connectivity index (χ0) is 11.5. The summed E-state index contributed by atoms with van der Waals surface area (Å²) in [5.41, 5.74) is 3.61. The molecule has 0 saturated heterocycles. The van der Waals surface area contributed by atoms with E-state index in [1.807, 2.05) is 31.5 Å². The molecule has 0 saturated carbocycles. The van der Waals surface area contributed by atoms with E-state index in [4.69, 9.17) is 0 Å². The van der Waals surface area contributed by atoms with Gasteiger partial charge >= 0.3 is 0 Å². The Labute approximate surface area is 93.7 Å². The van der Waals surface area contributed by atoms with Crippen molar-refractivity contribution in [2.24, 2.45) is 0 Å². The van der Waals surface area contributed by atoms with E-state index in [-0.39, 0.29) is 17.5 Å². The van der Waals surface area contributed by atoms with Gasteiger partial charge in [-0.25, -0.2) is 0 Å². The van der Waals surface area contributed by atoms with Gasteiger partial charge in [-0.2, -0.15) is 0 Å². The number of benzene rings is 1. The molecule has 2 rings (SSSR count). The molecule has 1 aromatic heterocycles. The fraction of sp³-hybridized carbons (Fsp3) is 0.167. The van der Waals surface area contributed by atoms with E-state index in [9.17, 15) is 10.2 Å². The maximum absolute atomic E-state index is 9.68. The molecule has 0 bridgehead atoms. The van der Waals surface area contributed by atoms with Gasteiger partial charge in [-0.05, 0) is 31.2 Å². The third kappa shape index (κ3) is 1.95. The number of hydrogen-bond acceptors (Lipinski definition) is 3. The van der Waals surface area contributed by atoms with E-state index in [0.29, 0.717) is 5.56 Å². The van der Waals surface area contributed by atoms with Crippen molar-refractivity contribution >= 4 is 0 Å². The predicted octanol–water partition coefficient (Wildman–Crippen LogP) is 2.20. The molecule has 1 heterocycles. The smallest absolute Gasteiger partial charge is 0.124 e. The van der Waals surface area contributed by atoms with Crippen LogP contribution in [0.5, 0.6) is 11.5 Å². The van der Waals surface area contributed by atoms with E-state index < -0.39 is 0 Å². The Kier molecular flexibility index (Phi) is 2.72. The number of phenolic OH excluding ortho intramolecular Hbond substituents is 2. The van der Waals surface area contributed by atoms with E-state index >= 15 is 0 Å². The van der Waals surface area contributed by atoms with Crippen molar-refractivity contribution in [3.63, 3.8) is 0 Å². The molecular formula is C12H14N2O2. The van der Waals surface area contributed by atoms with E-state index in [1.54, 1.807) is 22.9 Å². The first-order chi connectivity index (χ1) is 7.68. The summed E-state index contributed by atoms with van der Waals surface area (Å²) in [7, 11) is 0. The highest BCUT2D eigenvalue weighted by atomic mass is 16.3. The van der Waals surface area contributed by atoms with Crippen LogP contribution in [0.1, 0.15) is 18.5 Å². The van der Waals surface area contributed by atoms with Crippen LogP contribution >= 0.6 is 0 Å². The Morgan fingerprint density at radius 1 is 1.06 bits per heavy atom. The fourth-order valence-electron chi connectivity index (χ4n) is 1.69. The SMILES string of the molecule is CC(Nn1cccc1)c1c(O)cccc1O. The zero-order valence-corrected chi connectivity index (χ0v) is 8.96. The van der Waals surface area contributed by atoms with E-state index in [0.717, 1.165) is 0 Å². The molecule has 3 N–H and O–H groups in total. The van der Waals surface area contributed by atoms with Gasteiger partial charge in [-0.1, -0.05) is 6.07 Å². The first-order valence-corrected chi connectivity index (χ1v) is 5.09. The lowest BCUT2D eigenvalue weighted by Crippen LogP contribution is -2.17. The van der Waals surface area contributed by atoms with Crippen LogP contribution < -0.4 is 5.43 Å². The van der Waals surface area contributed by atoms with Gasteiger partial charge in [0.05, 0.1) is 11.6 Å². The third-order valence-corrected chi connectivity index (χ3v) is 2.44. The second kappa shape index (κ2) is 4.18. The number of hydrogen-bond donors (Lipinski definition) is 3. The van der Waals surface area contributed by atoms with Gasteiger partial charge in [-0.3, -0.25) is 4.68 Å². The molecule has 0 spiro atoms. The topological polar surface area (TPSA) is 57.4 Å². The second-order valence-electron chi connectivity index (χ2n) is 3.65. The van der Waals surface area contributed by atoms with E-state index in [2.05, 4.69) is 5.43 Å². The summed E-state index contributed by atoms with van der Waals surface area (Å²) >= 11 is 0. The van der Waals surface area contributed by atoms with Crippen molar-refractivity contribution < 1.29 is 10.2 Å². The molecule has 1 atom stereocenters. The van der Waals surface area contributed by atoms with Crippen LogP contribution in [0.25, 0.3) is 0 Å². The molecule has 2 aromatic rings. The standard InChI is InChI=1S/C12H14N2O2/c1-9(13-14-7-2-3-8-14)12-10(15)5-4-6-11(12)16/h2-9,13,15-16H,1H3. The molecule has 0 aliphatic heterocycles. The van der Waals surface area contributed by atoms with Crippen molar-refractivity contribution in [2.75, 3.05) is 5.43 Å². The first kappa shape index (κ1) is 10.4. The lowest BCUT2D eigenvalue weighted by atomic mass is 10.1. The highest BCUT2D eigenvalue weighted by molar-refractivity contribution is 5.45. The maximum Gasteiger partial charge on any atom is 0.124 e. The highest BCUT2D eigenvalue weighted by Crippen LogP contribution is 2.32. The Hall–Kier alpha value is -2.10. The van der Waals surface area contributed by atoms with Crippen molar-refractivity contribution in [1.82, 2.24) is 4.68 Å². The summed E-state index contributed by atoms with van der Waals surface area (Å²) < 4.78 is 1.77. The average molecular weight is 218 g/mol. The molecule has 1 unspecified atom stereocenters. The molecule has 4 nitrogen and oxygen atoms in total. The number of aromatic hydroxyl groups is 2. The maximum atomic E-state index is 9.68. The molecule has 84 valence electrons. The van der Waals surface area contributed by atoms with Crippen LogP contribution in [0.15, 0.2) is 42.7 Å². The first-order valence-electron chi connectivity index (χ1n) is 5.09. The van der Waals surface area contributed by atoms with Gasteiger partial charge in [0.25, 0.3) is 0 Å². The average Bonchev–Trinajstić information content (AvgIpc) is 2.70. The quantitative estimate of drug-likeness (QED) is 0.740. The number of nitrogens with one attached hydrogen (secondary N) is 1. The van der Waals surface area contributed by atoms with Crippen LogP contribution in [-0.2, 0) is 0 Å². The highest BCUT2D eigenvalue weighted by Gasteiger charge is 2.14. The number of aromatic nitrogens is 1. The molecule has 0 fully saturated rings. The molecular weight excluding hydrogens is 204 g/mol. The van der Waals surface area contributed by atoms with Gasteiger partial charge in [0.1, 0.15) is 11.5 Å². The van der Waals surface area contributed by atoms with E-state index in [1.165, 1.54) is 0 Å². The Balaban J connectivity index is 2.24. The molecule has 0 aliphatic rings. The van der Waals surface area contributed by atoms with Crippen LogP contribution in [-0.4, -0.2) is 14.9 Å². The Morgan fingerprint density at radius 2 is 1.62 bits per heavy atom. The molecule has 0 amide bonds. The van der Waals surface area contributed by atoms with Gasteiger partial charge in [0.2, 0.25) is 0 Å². The zero-order valence-electron chi connectivity index (χ0n) is 8.96. The minimum atomic E-state index is -0.186. The third-order valence-electron chi connectivity index (χ3n) is 2.44. The monoisotopic (exact) mass is 218 g/mol. The van der Waals surface area contributed by atoms with Crippen LogP contribution in [0, 0.1) is 0 Å². The summed E-state index contributed by atoms with van der Waals surface area (Å²) in [6.45, 7) is 1.87. The van der Waals surface area contributed by atoms with Crippen molar-refractivity contribution in [1.29, 1.82) is 0 Å². The summed E-state index contributed by atoms with van der Waals surface area (Å²) in [5, 5.41) is 19.4. The van der Waals surface area contributed by atoms with Crippen LogP contribution in [0.3, 0.4) is 0 Å². The van der Waals surface area contributed by atoms with Gasteiger partial charge in [0.15, 0.2) is 0 Å². The molecule has 0 radical (unpaired) electrons. The number of nitrogens with zero attached hydrogens (tertiary/aromatic N) is 1. The fourth-order valence-corrected chi connectivity index (χ4v) is 1.69. The summed E-state index contributed by atoms with van der Waals surface area (Å²) in [6, 6.07) is 8.32. The molecule has 4 heteroatoms. The summed E-state index contributed by atoms with van der Waals surface area (Å²) in [6.07, 6.45) is 3.71. The Bertz CT molecular complexity index is 446. The lowest BCUT2D eigenvalue weighted by molar-refractivity contribution is 0.431. The minimum absolute atomic E-state index is 0.0900. The number of rotatable bonds is 3. The van der Waals surface area contributed by atoms with Crippen molar-refractivity contribution in [2.45, 2.75) is 13.0 Å².